The number of hydrogen-bond donors (Lipinski definition) is 3. The third-order valence-corrected chi connectivity index (χ3v) is 5.06. The van der Waals surface area contributed by atoms with Crippen LogP contribution >= 0.6 is 0 Å². The monoisotopic (exact) mass is 422 g/mol. The Hall–Kier alpha value is -1.20. The number of hydrogen-bond acceptors (Lipinski definition) is 4. The van der Waals surface area contributed by atoms with Gasteiger partial charge in [0.15, 0.2) is 0 Å². The van der Waals surface area contributed by atoms with Gasteiger partial charge in [0.05, 0.1) is 13.2 Å². The molecule has 174 valence electrons. The molecule has 0 aliphatic carbocycles. The molecular formula is C26H46O4. The molecule has 0 radical (unpaired) electrons. The summed E-state index contributed by atoms with van der Waals surface area (Å²) in [5.41, 5.74) is 5.74. The number of aliphatic hydroxyl groups excluding tert-OH is 3. The third-order valence-electron chi connectivity index (χ3n) is 5.06. The van der Waals surface area contributed by atoms with Crippen LogP contribution in [-0.2, 0) is 4.74 Å². The number of ether oxygens (including phenoxy) is 1. The molecule has 4 heteroatoms. The molecule has 0 aliphatic rings. The first kappa shape index (κ1) is 28.8. The van der Waals surface area contributed by atoms with Crippen LogP contribution in [0.1, 0.15) is 86.0 Å². The average molecular weight is 423 g/mol. The van der Waals surface area contributed by atoms with Gasteiger partial charge < -0.3 is 20.1 Å². The largest absolute Gasteiger partial charge is 0.394 e. The number of rotatable bonds is 17. The molecule has 0 fully saturated rings. The van der Waals surface area contributed by atoms with Crippen LogP contribution in [0.5, 0.6) is 0 Å². The van der Waals surface area contributed by atoms with Crippen LogP contribution in [0.2, 0.25) is 0 Å². The average Bonchev–Trinajstić information content (AvgIpc) is 2.69. The molecule has 30 heavy (non-hydrogen) atoms. The van der Waals surface area contributed by atoms with Gasteiger partial charge in [0.25, 0.3) is 0 Å². The Morgan fingerprint density at radius 2 is 1.17 bits per heavy atom. The molecular weight excluding hydrogens is 376 g/mol. The summed E-state index contributed by atoms with van der Waals surface area (Å²) in [6.45, 7) is 11.1. The van der Waals surface area contributed by atoms with Crippen molar-refractivity contribution in [1.29, 1.82) is 0 Å². The van der Waals surface area contributed by atoms with Gasteiger partial charge in [0, 0.05) is 6.61 Å². The quantitative estimate of drug-likeness (QED) is 0.209. The van der Waals surface area contributed by atoms with Crippen molar-refractivity contribution in [3.8, 4) is 0 Å². The van der Waals surface area contributed by atoms with Crippen LogP contribution < -0.4 is 0 Å². The van der Waals surface area contributed by atoms with Crippen LogP contribution in [0.4, 0.5) is 0 Å². The highest BCUT2D eigenvalue weighted by Gasteiger charge is 2.14. The molecule has 2 atom stereocenters. The number of unbranched alkanes of at least 4 members (excludes halogenated alkanes) is 1. The smallest absolute Gasteiger partial charge is 0.105 e. The molecule has 0 aromatic carbocycles. The van der Waals surface area contributed by atoms with Gasteiger partial charge in [-0.05, 0) is 86.0 Å². The van der Waals surface area contributed by atoms with Crippen LogP contribution in [0.25, 0.3) is 0 Å². The Morgan fingerprint density at radius 1 is 0.700 bits per heavy atom. The molecule has 2 unspecified atom stereocenters. The summed E-state index contributed by atoms with van der Waals surface area (Å²) < 4.78 is 5.33. The highest BCUT2D eigenvalue weighted by molar-refractivity contribution is 5.07. The minimum Gasteiger partial charge on any atom is -0.394 e. The number of aliphatic hydroxyl groups is 3. The first-order valence-corrected chi connectivity index (χ1v) is 11.4. The normalized spacial score (nSPS) is 15.3. The maximum atomic E-state index is 9.48. The van der Waals surface area contributed by atoms with Crippen LogP contribution in [0.15, 0.2) is 46.6 Å². The van der Waals surface area contributed by atoms with E-state index in [9.17, 15) is 10.2 Å². The molecule has 0 saturated heterocycles. The molecule has 3 N–H and O–H groups in total. The zero-order chi connectivity index (χ0) is 22.8. The van der Waals surface area contributed by atoms with E-state index in [1.807, 2.05) is 0 Å². The SMILES string of the molecule is CC(C)=CCC/C(C)=C/CC/C(C)=C/CCC(C)=CCCCOCC(O)C(O)CO. The molecule has 0 bridgehead atoms. The molecule has 0 heterocycles. The van der Waals surface area contributed by atoms with Crippen molar-refractivity contribution >= 4 is 0 Å². The lowest BCUT2D eigenvalue weighted by Crippen LogP contribution is -2.33. The van der Waals surface area contributed by atoms with Gasteiger partial charge >= 0.3 is 0 Å². The summed E-state index contributed by atoms with van der Waals surface area (Å²) >= 11 is 0. The van der Waals surface area contributed by atoms with Crippen LogP contribution in [-0.4, -0.2) is 47.3 Å². The van der Waals surface area contributed by atoms with Crippen molar-refractivity contribution in [3.63, 3.8) is 0 Å². The second-order valence-electron chi connectivity index (χ2n) is 8.58. The summed E-state index contributed by atoms with van der Waals surface area (Å²) in [5.74, 6) is 0. The minimum atomic E-state index is -1.13. The van der Waals surface area contributed by atoms with Gasteiger partial charge in [-0.15, -0.1) is 0 Å². The molecule has 0 aromatic rings. The molecule has 0 aliphatic heterocycles. The Kier molecular flexibility index (Phi) is 17.8. The second kappa shape index (κ2) is 18.6. The Bertz CT molecular complexity index is 553. The van der Waals surface area contributed by atoms with E-state index < -0.39 is 18.8 Å². The lowest BCUT2D eigenvalue weighted by atomic mass is 10.0. The standard InChI is InChI=1S/C26H46O4/c1-21(2)11-8-13-23(4)15-10-17-24(5)16-9-14-22(3)12-6-7-18-30-20-26(29)25(28)19-27/h11-12,15-16,25-29H,6-10,13-14,17-20H2,1-5H3/b22-12?,23-15+,24-16+. The molecule has 4 nitrogen and oxygen atoms in total. The van der Waals surface area contributed by atoms with E-state index in [4.69, 9.17) is 9.84 Å². The van der Waals surface area contributed by atoms with Crippen molar-refractivity contribution in [2.75, 3.05) is 19.8 Å². The third kappa shape index (κ3) is 17.6. The van der Waals surface area contributed by atoms with E-state index >= 15 is 0 Å². The highest BCUT2D eigenvalue weighted by Crippen LogP contribution is 2.14. The minimum absolute atomic E-state index is 0.0542. The summed E-state index contributed by atoms with van der Waals surface area (Å²) in [6.07, 6.45) is 15.7. The van der Waals surface area contributed by atoms with Gasteiger partial charge in [-0.1, -0.05) is 46.6 Å². The van der Waals surface area contributed by atoms with Crippen molar-refractivity contribution in [2.24, 2.45) is 0 Å². The molecule has 0 rings (SSSR count). The second-order valence-corrected chi connectivity index (χ2v) is 8.58. The van der Waals surface area contributed by atoms with E-state index in [0.717, 1.165) is 51.4 Å². The maximum absolute atomic E-state index is 9.48. The van der Waals surface area contributed by atoms with E-state index in [1.165, 1.54) is 22.3 Å². The zero-order valence-corrected chi connectivity index (χ0v) is 20.0. The van der Waals surface area contributed by atoms with Crippen LogP contribution in [0, 0.1) is 0 Å². The lowest BCUT2D eigenvalue weighted by Gasteiger charge is -2.15. The van der Waals surface area contributed by atoms with Crippen molar-refractivity contribution in [3.05, 3.63) is 46.6 Å². The van der Waals surface area contributed by atoms with E-state index in [-0.39, 0.29) is 6.61 Å². The predicted octanol–water partition coefficient (Wildman–Crippen LogP) is 5.64. The summed E-state index contributed by atoms with van der Waals surface area (Å²) in [5, 5.41) is 27.5. The van der Waals surface area contributed by atoms with Gasteiger partial charge in [-0.3, -0.25) is 0 Å². The predicted molar refractivity (Wildman–Crippen MR) is 128 cm³/mol. The van der Waals surface area contributed by atoms with E-state index in [1.54, 1.807) is 0 Å². The van der Waals surface area contributed by atoms with E-state index in [2.05, 4.69) is 58.9 Å². The zero-order valence-electron chi connectivity index (χ0n) is 20.0. The van der Waals surface area contributed by atoms with E-state index in [0.29, 0.717) is 6.61 Å². The van der Waals surface area contributed by atoms with Crippen molar-refractivity contribution in [1.82, 2.24) is 0 Å². The summed E-state index contributed by atoms with van der Waals surface area (Å²) in [4.78, 5) is 0. The fourth-order valence-corrected chi connectivity index (χ4v) is 2.96. The maximum Gasteiger partial charge on any atom is 0.105 e. The van der Waals surface area contributed by atoms with Crippen molar-refractivity contribution in [2.45, 2.75) is 98.2 Å². The fourth-order valence-electron chi connectivity index (χ4n) is 2.96. The molecule has 0 spiro atoms. The Labute approximate surface area is 185 Å². The first-order valence-electron chi connectivity index (χ1n) is 11.4. The van der Waals surface area contributed by atoms with Gasteiger partial charge in [-0.2, -0.15) is 0 Å². The van der Waals surface area contributed by atoms with Crippen LogP contribution in [0.3, 0.4) is 0 Å². The molecule has 0 saturated carbocycles. The number of allylic oxidation sites excluding steroid dienone is 8. The van der Waals surface area contributed by atoms with Gasteiger partial charge in [0.1, 0.15) is 12.2 Å². The first-order chi connectivity index (χ1) is 14.3. The van der Waals surface area contributed by atoms with Gasteiger partial charge in [-0.25, -0.2) is 0 Å². The highest BCUT2D eigenvalue weighted by atomic mass is 16.5. The topological polar surface area (TPSA) is 69.9 Å². The Balaban J connectivity index is 3.89. The van der Waals surface area contributed by atoms with Gasteiger partial charge in [0.2, 0.25) is 0 Å². The fraction of sp³-hybridized carbons (Fsp3) is 0.692. The Morgan fingerprint density at radius 3 is 1.63 bits per heavy atom. The molecule has 0 aromatic heterocycles. The summed E-state index contributed by atoms with van der Waals surface area (Å²) in [7, 11) is 0. The lowest BCUT2D eigenvalue weighted by molar-refractivity contribution is -0.0568. The summed E-state index contributed by atoms with van der Waals surface area (Å²) in [6, 6.07) is 0. The van der Waals surface area contributed by atoms with Crippen molar-refractivity contribution < 1.29 is 20.1 Å². The molecule has 0 amide bonds.